The van der Waals surface area contributed by atoms with Gasteiger partial charge in [-0.05, 0) is 33.7 Å². The molecular formula is C17H18N6O3. The first kappa shape index (κ1) is 17.3. The second-order valence-electron chi connectivity index (χ2n) is 5.80. The summed E-state index contributed by atoms with van der Waals surface area (Å²) in [6.45, 7) is 2.61. The predicted octanol–water partition coefficient (Wildman–Crippen LogP) is 2.37. The van der Waals surface area contributed by atoms with Crippen LogP contribution in [0.3, 0.4) is 0 Å². The van der Waals surface area contributed by atoms with Crippen molar-refractivity contribution in [2.75, 3.05) is 5.32 Å². The third-order valence-electron chi connectivity index (χ3n) is 3.84. The molecular weight excluding hydrogens is 336 g/mol. The highest BCUT2D eigenvalue weighted by molar-refractivity contribution is 5.90. The third-order valence-corrected chi connectivity index (χ3v) is 3.84. The first-order valence-corrected chi connectivity index (χ1v) is 8.05. The average Bonchev–Trinajstić information content (AvgIpc) is 3.23. The van der Waals surface area contributed by atoms with Gasteiger partial charge in [0.25, 0.3) is 0 Å². The predicted molar refractivity (Wildman–Crippen MR) is 94.6 cm³/mol. The summed E-state index contributed by atoms with van der Waals surface area (Å²) in [5.74, 6) is 0.122. The number of aromatic nitrogens is 4. The highest BCUT2D eigenvalue weighted by Gasteiger charge is 2.15. The van der Waals surface area contributed by atoms with E-state index in [0.29, 0.717) is 24.6 Å². The minimum atomic E-state index is -0.547. The van der Waals surface area contributed by atoms with Crippen LogP contribution in [0.4, 0.5) is 11.5 Å². The fraction of sp³-hybridized carbons (Fsp3) is 0.235. The van der Waals surface area contributed by atoms with Crippen molar-refractivity contribution < 1.29 is 9.72 Å². The van der Waals surface area contributed by atoms with Crippen LogP contribution in [-0.2, 0) is 17.9 Å². The van der Waals surface area contributed by atoms with Crippen LogP contribution < -0.4 is 5.32 Å². The van der Waals surface area contributed by atoms with Crippen molar-refractivity contribution in [3.05, 3.63) is 70.4 Å². The summed E-state index contributed by atoms with van der Waals surface area (Å²) in [4.78, 5) is 26.2. The lowest BCUT2D eigenvalue weighted by Crippen LogP contribution is -2.15. The van der Waals surface area contributed by atoms with E-state index in [-0.39, 0.29) is 18.1 Å². The van der Waals surface area contributed by atoms with E-state index in [4.69, 9.17) is 0 Å². The molecule has 26 heavy (non-hydrogen) atoms. The van der Waals surface area contributed by atoms with Crippen molar-refractivity contribution in [1.82, 2.24) is 19.3 Å². The fourth-order valence-corrected chi connectivity index (χ4v) is 2.58. The zero-order valence-electron chi connectivity index (χ0n) is 14.2. The number of aryl methyl sites for hydroxylation is 2. The van der Waals surface area contributed by atoms with Gasteiger partial charge in [-0.1, -0.05) is 12.1 Å². The molecule has 9 heteroatoms. The van der Waals surface area contributed by atoms with Gasteiger partial charge in [0.05, 0.1) is 6.54 Å². The molecule has 134 valence electrons. The maximum Gasteiger partial charge on any atom is 0.381 e. The minimum Gasteiger partial charge on any atom is -0.358 e. The van der Waals surface area contributed by atoms with Crippen LogP contribution in [0.5, 0.6) is 0 Å². The van der Waals surface area contributed by atoms with Gasteiger partial charge in [-0.2, -0.15) is 5.10 Å². The van der Waals surface area contributed by atoms with Crippen molar-refractivity contribution in [2.24, 2.45) is 0 Å². The lowest BCUT2D eigenvalue weighted by atomic mass is 10.2. The van der Waals surface area contributed by atoms with Crippen molar-refractivity contribution in [1.29, 1.82) is 0 Å². The van der Waals surface area contributed by atoms with Crippen LogP contribution in [0, 0.1) is 17.0 Å². The zero-order chi connectivity index (χ0) is 18.5. The van der Waals surface area contributed by atoms with E-state index < -0.39 is 4.92 Å². The molecule has 3 aromatic rings. The highest BCUT2D eigenvalue weighted by Crippen LogP contribution is 2.14. The third kappa shape index (κ3) is 4.32. The molecule has 1 aromatic carbocycles. The monoisotopic (exact) mass is 354 g/mol. The Morgan fingerprint density at radius 3 is 2.88 bits per heavy atom. The Bertz CT molecular complexity index is 916. The van der Waals surface area contributed by atoms with E-state index in [9.17, 15) is 14.9 Å². The number of nitro groups is 1. The molecule has 9 nitrogen and oxygen atoms in total. The molecule has 0 unspecified atom stereocenters. The molecule has 0 aliphatic carbocycles. The quantitative estimate of drug-likeness (QED) is 0.518. The Morgan fingerprint density at radius 2 is 2.19 bits per heavy atom. The fourth-order valence-electron chi connectivity index (χ4n) is 2.58. The van der Waals surface area contributed by atoms with Crippen LogP contribution in [0.25, 0.3) is 0 Å². The second-order valence-corrected chi connectivity index (χ2v) is 5.80. The Labute approximate surface area is 149 Å². The zero-order valence-corrected chi connectivity index (χ0v) is 14.2. The molecule has 0 saturated carbocycles. The molecule has 0 spiro atoms. The van der Waals surface area contributed by atoms with Crippen molar-refractivity contribution in [2.45, 2.75) is 26.4 Å². The molecule has 0 radical (unpaired) electrons. The van der Waals surface area contributed by atoms with Crippen molar-refractivity contribution in [3.8, 4) is 0 Å². The highest BCUT2D eigenvalue weighted by atomic mass is 16.6. The second kappa shape index (κ2) is 7.60. The summed E-state index contributed by atoms with van der Waals surface area (Å²) in [6.07, 6.45) is 5.12. The molecule has 2 heterocycles. The van der Waals surface area contributed by atoms with Crippen molar-refractivity contribution in [3.63, 3.8) is 0 Å². The lowest BCUT2D eigenvalue weighted by Gasteiger charge is -2.08. The van der Waals surface area contributed by atoms with Crippen LogP contribution in [-0.4, -0.2) is 30.2 Å². The summed E-state index contributed by atoms with van der Waals surface area (Å²) >= 11 is 0. The Morgan fingerprint density at radius 1 is 1.35 bits per heavy atom. The van der Waals surface area contributed by atoms with Crippen LogP contribution >= 0.6 is 0 Å². The number of imidazole rings is 1. The van der Waals surface area contributed by atoms with E-state index in [0.717, 1.165) is 5.56 Å². The standard InChI is InChI=1S/C17H18N6O3/c1-13-19-16(23(25)26)12-21(13)9-6-17(24)20-15-5-2-4-14(10-15)11-22-8-3-7-18-22/h2-5,7-8,10,12H,6,9,11H2,1H3,(H,20,24). The molecule has 0 saturated heterocycles. The van der Waals surface area contributed by atoms with Crippen LogP contribution in [0.2, 0.25) is 0 Å². The summed E-state index contributed by atoms with van der Waals surface area (Å²) in [6, 6.07) is 9.40. The minimum absolute atomic E-state index is 0.169. The van der Waals surface area contributed by atoms with Gasteiger partial charge in [0.15, 0.2) is 0 Å². The number of carbonyl (C=O) groups excluding carboxylic acids is 1. The maximum atomic E-state index is 12.2. The normalized spacial score (nSPS) is 10.7. The van der Waals surface area contributed by atoms with E-state index in [1.165, 1.54) is 6.20 Å². The molecule has 0 bridgehead atoms. The molecule has 1 N–H and O–H groups in total. The van der Waals surface area contributed by atoms with Gasteiger partial charge in [-0.15, -0.1) is 0 Å². The summed E-state index contributed by atoms with van der Waals surface area (Å²) < 4.78 is 3.40. The maximum absolute atomic E-state index is 12.2. The SMILES string of the molecule is Cc1nc([N+](=O)[O-])cn1CCC(=O)Nc1cccc(Cn2cccn2)c1. The number of hydrogen-bond acceptors (Lipinski definition) is 5. The van der Waals surface area contributed by atoms with Crippen LogP contribution in [0.1, 0.15) is 17.8 Å². The summed E-state index contributed by atoms with van der Waals surface area (Å²) in [5.41, 5.74) is 1.72. The number of amides is 1. The number of hydrogen-bond donors (Lipinski definition) is 1. The Hall–Kier alpha value is -3.49. The number of nitrogens with one attached hydrogen (secondary N) is 1. The number of anilines is 1. The van der Waals surface area contributed by atoms with E-state index in [1.54, 1.807) is 22.4 Å². The molecule has 1 amide bonds. The molecule has 0 atom stereocenters. The van der Waals surface area contributed by atoms with E-state index >= 15 is 0 Å². The Balaban J connectivity index is 1.57. The first-order chi connectivity index (χ1) is 12.5. The van der Waals surface area contributed by atoms with Crippen molar-refractivity contribution >= 4 is 17.4 Å². The summed E-state index contributed by atoms with van der Waals surface area (Å²) in [5, 5.41) is 17.7. The first-order valence-electron chi connectivity index (χ1n) is 8.05. The molecule has 0 fully saturated rings. The lowest BCUT2D eigenvalue weighted by molar-refractivity contribution is -0.389. The molecule has 2 aromatic heterocycles. The van der Waals surface area contributed by atoms with Crippen LogP contribution in [0.15, 0.2) is 48.9 Å². The smallest absolute Gasteiger partial charge is 0.358 e. The molecule has 0 aliphatic heterocycles. The number of benzene rings is 1. The number of carbonyl (C=O) groups is 1. The largest absolute Gasteiger partial charge is 0.381 e. The summed E-state index contributed by atoms with van der Waals surface area (Å²) in [7, 11) is 0. The van der Waals surface area contributed by atoms with E-state index in [2.05, 4.69) is 15.4 Å². The van der Waals surface area contributed by atoms with Gasteiger partial charge in [0.1, 0.15) is 6.20 Å². The van der Waals surface area contributed by atoms with E-state index in [1.807, 2.05) is 36.5 Å². The average molecular weight is 354 g/mol. The van der Waals surface area contributed by atoms with Gasteiger partial charge in [-0.25, -0.2) is 0 Å². The topological polar surface area (TPSA) is 108 Å². The molecule has 0 aliphatic rings. The van der Waals surface area contributed by atoms with Gasteiger partial charge < -0.3 is 20.0 Å². The number of nitrogens with zero attached hydrogens (tertiary/aromatic N) is 5. The number of rotatable bonds is 7. The van der Waals surface area contributed by atoms with Gasteiger partial charge >= 0.3 is 5.82 Å². The van der Waals surface area contributed by atoms with Gasteiger partial charge in [0.2, 0.25) is 11.7 Å². The van der Waals surface area contributed by atoms with Gasteiger partial charge in [-0.3, -0.25) is 9.48 Å². The molecule has 3 rings (SSSR count). The van der Waals surface area contributed by atoms with Gasteiger partial charge in [0, 0.05) is 38.0 Å². The Kier molecular flexibility index (Phi) is 5.07.